The largest absolute Gasteiger partial charge is 0.372 e. The highest BCUT2D eigenvalue weighted by Gasteiger charge is 2.32. The maximum absolute atomic E-state index is 12.0. The SMILES string of the molecule is CN1C(=O)NC(=O)/C(=C\c2ccc(N3CCCC3)cc2)C1=O. The molecule has 2 aliphatic heterocycles. The van der Waals surface area contributed by atoms with Crippen molar-refractivity contribution in [2.24, 2.45) is 0 Å². The summed E-state index contributed by atoms with van der Waals surface area (Å²) in [6.07, 6.45) is 3.93. The number of likely N-dealkylation sites (N-methyl/N-ethyl adjacent to an activating group) is 1. The van der Waals surface area contributed by atoms with Gasteiger partial charge in [0, 0.05) is 25.8 Å². The molecule has 0 aromatic heterocycles. The molecule has 0 bridgehead atoms. The van der Waals surface area contributed by atoms with E-state index in [1.165, 1.54) is 26.0 Å². The topological polar surface area (TPSA) is 69.7 Å². The van der Waals surface area contributed by atoms with Gasteiger partial charge in [0.15, 0.2) is 0 Å². The highest BCUT2D eigenvalue weighted by atomic mass is 16.2. The molecule has 0 atom stereocenters. The van der Waals surface area contributed by atoms with Gasteiger partial charge < -0.3 is 4.90 Å². The number of urea groups is 1. The summed E-state index contributed by atoms with van der Waals surface area (Å²) >= 11 is 0. The number of anilines is 1. The Morgan fingerprint density at radius 1 is 1.05 bits per heavy atom. The van der Waals surface area contributed by atoms with Gasteiger partial charge in [-0.05, 0) is 36.6 Å². The molecule has 0 spiro atoms. The summed E-state index contributed by atoms with van der Waals surface area (Å²) < 4.78 is 0. The number of amides is 4. The second-order valence-electron chi connectivity index (χ2n) is 5.47. The van der Waals surface area contributed by atoms with Crippen molar-refractivity contribution in [2.45, 2.75) is 12.8 Å². The number of benzene rings is 1. The van der Waals surface area contributed by atoms with E-state index in [1.807, 2.05) is 24.3 Å². The van der Waals surface area contributed by atoms with Crippen molar-refractivity contribution in [1.29, 1.82) is 0 Å². The molecular weight excluding hydrogens is 282 g/mol. The van der Waals surface area contributed by atoms with Crippen molar-refractivity contribution < 1.29 is 14.4 Å². The number of hydrogen-bond donors (Lipinski definition) is 1. The van der Waals surface area contributed by atoms with Crippen LogP contribution in [0.1, 0.15) is 18.4 Å². The molecule has 1 N–H and O–H groups in total. The van der Waals surface area contributed by atoms with Crippen LogP contribution in [-0.2, 0) is 9.59 Å². The molecule has 2 aliphatic rings. The van der Waals surface area contributed by atoms with Crippen LogP contribution in [-0.4, -0.2) is 42.9 Å². The highest BCUT2D eigenvalue weighted by Crippen LogP contribution is 2.21. The number of nitrogens with zero attached hydrogens (tertiary/aromatic N) is 2. The zero-order valence-corrected chi connectivity index (χ0v) is 12.3. The predicted molar refractivity (Wildman–Crippen MR) is 82.2 cm³/mol. The monoisotopic (exact) mass is 299 g/mol. The second-order valence-corrected chi connectivity index (χ2v) is 5.47. The van der Waals surface area contributed by atoms with Gasteiger partial charge in [-0.2, -0.15) is 0 Å². The Hall–Kier alpha value is -2.63. The Balaban J connectivity index is 1.83. The summed E-state index contributed by atoms with van der Waals surface area (Å²) in [7, 11) is 1.34. The lowest BCUT2D eigenvalue weighted by atomic mass is 10.1. The molecule has 4 amide bonds. The predicted octanol–water partition coefficient (Wildman–Crippen LogP) is 1.38. The van der Waals surface area contributed by atoms with Gasteiger partial charge in [0.1, 0.15) is 5.57 Å². The first kappa shape index (κ1) is 14.3. The van der Waals surface area contributed by atoms with E-state index in [0.717, 1.165) is 29.2 Å². The van der Waals surface area contributed by atoms with E-state index >= 15 is 0 Å². The van der Waals surface area contributed by atoms with Crippen molar-refractivity contribution >= 4 is 29.6 Å². The molecule has 2 heterocycles. The van der Waals surface area contributed by atoms with E-state index in [9.17, 15) is 14.4 Å². The Bertz CT molecular complexity index is 658. The molecule has 6 nitrogen and oxygen atoms in total. The molecule has 3 rings (SSSR count). The zero-order chi connectivity index (χ0) is 15.7. The third kappa shape index (κ3) is 2.59. The van der Waals surface area contributed by atoms with E-state index in [-0.39, 0.29) is 5.57 Å². The van der Waals surface area contributed by atoms with Gasteiger partial charge in [-0.3, -0.25) is 19.8 Å². The van der Waals surface area contributed by atoms with E-state index in [4.69, 9.17) is 0 Å². The average Bonchev–Trinajstić information content (AvgIpc) is 3.04. The highest BCUT2D eigenvalue weighted by molar-refractivity contribution is 6.30. The van der Waals surface area contributed by atoms with Crippen LogP contribution in [0.15, 0.2) is 29.8 Å². The number of hydrogen-bond acceptors (Lipinski definition) is 4. The summed E-state index contributed by atoms with van der Waals surface area (Å²) in [5, 5.41) is 2.14. The smallest absolute Gasteiger partial charge is 0.331 e. The summed E-state index contributed by atoms with van der Waals surface area (Å²) in [5.74, 6) is -1.24. The molecule has 1 aromatic carbocycles. The Labute approximate surface area is 128 Å². The van der Waals surface area contributed by atoms with Crippen LogP contribution in [0.2, 0.25) is 0 Å². The van der Waals surface area contributed by atoms with Gasteiger partial charge in [-0.25, -0.2) is 4.79 Å². The van der Waals surface area contributed by atoms with Gasteiger partial charge in [0.05, 0.1) is 0 Å². The van der Waals surface area contributed by atoms with Gasteiger partial charge >= 0.3 is 6.03 Å². The van der Waals surface area contributed by atoms with Gasteiger partial charge in [-0.15, -0.1) is 0 Å². The first-order valence-electron chi connectivity index (χ1n) is 7.26. The lowest BCUT2D eigenvalue weighted by Crippen LogP contribution is -2.52. The third-order valence-corrected chi connectivity index (χ3v) is 3.98. The molecule has 2 fully saturated rings. The van der Waals surface area contributed by atoms with Crippen molar-refractivity contribution in [3.05, 3.63) is 35.4 Å². The number of imide groups is 2. The number of rotatable bonds is 2. The number of barbiturate groups is 1. The Morgan fingerprint density at radius 3 is 2.32 bits per heavy atom. The molecule has 0 unspecified atom stereocenters. The van der Waals surface area contributed by atoms with Crippen LogP contribution in [0, 0.1) is 0 Å². The maximum atomic E-state index is 12.0. The Morgan fingerprint density at radius 2 is 1.68 bits per heavy atom. The minimum Gasteiger partial charge on any atom is -0.372 e. The van der Waals surface area contributed by atoms with Crippen LogP contribution < -0.4 is 10.2 Å². The first-order valence-corrected chi connectivity index (χ1v) is 7.26. The van der Waals surface area contributed by atoms with E-state index < -0.39 is 17.8 Å². The van der Waals surface area contributed by atoms with E-state index in [1.54, 1.807) is 0 Å². The molecule has 0 radical (unpaired) electrons. The maximum Gasteiger partial charge on any atom is 0.331 e. The third-order valence-electron chi connectivity index (χ3n) is 3.98. The summed E-state index contributed by atoms with van der Waals surface area (Å²) in [6.45, 7) is 2.13. The molecule has 6 heteroatoms. The molecule has 2 saturated heterocycles. The fourth-order valence-corrected chi connectivity index (χ4v) is 2.67. The van der Waals surface area contributed by atoms with Crippen LogP contribution in [0.3, 0.4) is 0 Å². The molecule has 1 aromatic rings. The standard InChI is InChI=1S/C16H17N3O3/c1-18-15(21)13(14(20)17-16(18)22)10-11-4-6-12(7-5-11)19-8-2-3-9-19/h4-7,10H,2-3,8-9H2,1H3,(H,17,20,22)/b13-10+. The van der Waals surface area contributed by atoms with Gasteiger partial charge in [0.2, 0.25) is 0 Å². The summed E-state index contributed by atoms with van der Waals surface area (Å²) in [4.78, 5) is 38.3. The van der Waals surface area contributed by atoms with E-state index in [0.29, 0.717) is 0 Å². The van der Waals surface area contributed by atoms with Crippen molar-refractivity contribution in [2.75, 3.05) is 25.0 Å². The van der Waals surface area contributed by atoms with Gasteiger partial charge in [-0.1, -0.05) is 12.1 Å². The minimum atomic E-state index is -0.698. The van der Waals surface area contributed by atoms with Crippen LogP contribution in [0.5, 0.6) is 0 Å². The number of carbonyl (C=O) groups excluding carboxylic acids is 3. The van der Waals surface area contributed by atoms with E-state index in [2.05, 4.69) is 10.2 Å². The number of nitrogens with one attached hydrogen (secondary N) is 1. The fourth-order valence-electron chi connectivity index (χ4n) is 2.67. The van der Waals surface area contributed by atoms with Crippen molar-refractivity contribution in [3.63, 3.8) is 0 Å². The molecule has 22 heavy (non-hydrogen) atoms. The molecule has 0 saturated carbocycles. The zero-order valence-electron chi connectivity index (χ0n) is 12.3. The normalized spacial score (nSPS) is 20.8. The minimum absolute atomic E-state index is 0.0315. The number of carbonyl (C=O) groups is 3. The first-order chi connectivity index (χ1) is 10.6. The lowest BCUT2D eigenvalue weighted by molar-refractivity contribution is -0.129. The van der Waals surface area contributed by atoms with Gasteiger partial charge in [0.25, 0.3) is 11.8 Å². The lowest BCUT2D eigenvalue weighted by Gasteiger charge is -2.22. The van der Waals surface area contributed by atoms with Crippen molar-refractivity contribution in [3.8, 4) is 0 Å². The van der Waals surface area contributed by atoms with Crippen LogP contribution >= 0.6 is 0 Å². The van der Waals surface area contributed by atoms with Crippen LogP contribution in [0.25, 0.3) is 6.08 Å². The molecular formula is C16H17N3O3. The molecule has 114 valence electrons. The summed E-state index contributed by atoms with van der Waals surface area (Å²) in [6, 6.07) is 7.02. The van der Waals surface area contributed by atoms with Crippen LogP contribution in [0.4, 0.5) is 10.5 Å². The summed E-state index contributed by atoms with van der Waals surface area (Å²) in [5.41, 5.74) is 1.87. The fraction of sp³-hybridized carbons (Fsp3) is 0.312. The molecule has 0 aliphatic carbocycles. The Kier molecular flexibility index (Phi) is 3.66. The quantitative estimate of drug-likeness (QED) is 0.661. The van der Waals surface area contributed by atoms with Crippen molar-refractivity contribution in [1.82, 2.24) is 10.2 Å². The second kappa shape index (κ2) is 5.63. The average molecular weight is 299 g/mol.